The lowest BCUT2D eigenvalue weighted by atomic mass is 10.0. The highest BCUT2D eigenvalue weighted by molar-refractivity contribution is 7.99. The summed E-state index contributed by atoms with van der Waals surface area (Å²) in [7, 11) is 1.72. The third kappa shape index (κ3) is 9.00. The number of hydrogen-bond acceptors (Lipinski definition) is 13. The van der Waals surface area contributed by atoms with Gasteiger partial charge in [0.1, 0.15) is 39.5 Å². The number of ether oxygens (including phenoxy) is 1. The number of nitriles is 2. The van der Waals surface area contributed by atoms with E-state index in [0.717, 1.165) is 116 Å². The van der Waals surface area contributed by atoms with E-state index in [1.165, 1.54) is 30.6 Å². The molecule has 2 fully saturated rings. The highest BCUT2D eigenvalue weighted by atomic mass is 32.2. The molecule has 16 nitrogen and oxygen atoms in total. The van der Waals surface area contributed by atoms with Crippen LogP contribution in [0, 0.1) is 48.1 Å². The number of aliphatic hydroxyl groups excluding tert-OH is 1. The topological polar surface area (TPSA) is 171 Å². The zero-order valence-corrected chi connectivity index (χ0v) is 40.0. The van der Waals surface area contributed by atoms with E-state index in [1.54, 1.807) is 33.2 Å². The largest absolute Gasteiger partial charge is 0.395 e. The Morgan fingerprint density at radius 1 is 0.754 bits per heavy atom. The molecule has 0 bridgehead atoms. The highest BCUT2D eigenvalue weighted by Gasteiger charge is 2.29. The van der Waals surface area contributed by atoms with Crippen molar-refractivity contribution in [1.82, 2.24) is 53.5 Å². The van der Waals surface area contributed by atoms with Crippen molar-refractivity contribution < 1.29 is 23.3 Å². The molecule has 2 saturated heterocycles. The van der Waals surface area contributed by atoms with E-state index in [9.17, 15) is 15.6 Å². The van der Waals surface area contributed by atoms with Crippen molar-refractivity contribution in [1.29, 1.82) is 10.5 Å². The van der Waals surface area contributed by atoms with Crippen molar-refractivity contribution in [2.24, 2.45) is 0 Å². The van der Waals surface area contributed by atoms with Crippen molar-refractivity contribution in [2.75, 3.05) is 59.6 Å². The van der Waals surface area contributed by atoms with Crippen LogP contribution in [0.1, 0.15) is 60.3 Å². The van der Waals surface area contributed by atoms with Crippen LogP contribution in [0.2, 0.25) is 0 Å². The van der Waals surface area contributed by atoms with Crippen molar-refractivity contribution >= 4 is 34.6 Å². The van der Waals surface area contributed by atoms with E-state index < -0.39 is 11.6 Å². The predicted octanol–water partition coefficient (Wildman–Crippen LogP) is 7.23. The molecule has 8 aromatic heterocycles. The first kappa shape index (κ1) is 46.2. The fourth-order valence-electron chi connectivity index (χ4n) is 9.68. The molecule has 2 aliphatic heterocycles. The van der Waals surface area contributed by atoms with Gasteiger partial charge in [0.25, 0.3) is 5.69 Å². The van der Waals surface area contributed by atoms with Gasteiger partial charge in [0.15, 0.2) is 11.6 Å². The van der Waals surface area contributed by atoms with Crippen LogP contribution >= 0.6 is 23.5 Å². The molecule has 0 spiro atoms. The number of aromatic nitrogens is 10. The molecule has 0 radical (unpaired) electrons. The van der Waals surface area contributed by atoms with Crippen molar-refractivity contribution in [3.63, 3.8) is 0 Å². The molecule has 352 valence electrons. The van der Waals surface area contributed by atoms with E-state index in [0.29, 0.717) is 45.2 Å². The molecule has 0 unspecified atom stereocenters. The zero-order chi connectivity index (χ0) is 47.8. The molecule has 0 atom stereocenters. The Morgan fingerprint density at radius 2 is 1.36 bits per heavy atom. The minimum atomic E-state index is -0.622. The second-order valence-corrected chi connectivity index (χ2v) is 19.4. The molecule has 0 aliphatic carbocycles. The van der Waals surface area contributed by atoms with Crippen molar-refractivity contribution in [3.8, 4) is 40.1 Å². The normalized spacial score (nSPS) is 15.4. The molecule has 20 heteroatoms. The van der Waals surface area contributed by atoms with Gasteiger partial charge in [-0.25, -0.2) is 23.3 Å². The molecule has 0 amide bonds. The van der Waals surface area contributed by atoms with Gasteiger partial charge in [-0.05, 0) is 63.8 Å². The summed E-state index contributed by atoms with van der Waals surface area (Å²) in [5, 5.41) is 44.4. The molecule has 69 heavy (non-hydrogen) atoms. The first-order valence-electron chi connectivity index (χ1n) is 22.8. The van der Waals surface area contributed by atoms with Gasteiger partial charge in [-0.2, -0.15) is 25.8 Å². The number of rotatable bonds is 14. The monoisotopic (exact) mass is 967 g/mol. The Morgan fingerprint density at radius 3 is 1.96 bits per heavy atom. The maximum atomic E-state index is 16.7. The van der Waals surface area contributed by atoms with Crippen LogP contribution in [0.25, 0.3) is 39.0 Å². The maximum Gasteiger partial charge on any atom is 0.257 e. The van der Waals surface area contributed by atoms with Gasteiger partial charge in [-0.15, -0.1) is 4.52 Å². The Kier molecular flexibility index (Phi) is 13.3. The van der Waals surface area contributed by atoms with E-state index in [-0.39, 0.29) is 34.3 Å². The molecule has 10 rings (SSSR count). The maximum absolute atomic E-state index is 16.7. The van der Waals surface area contributed by atoms with E-state index in [2.05, 4.69) is 46.4 Å². The fourth-order valence-corrected chi connectivity index (χ4v) is 11.6. The van der Waals surface area contributed by atoms with Gasteiger partial charge in [0, 0.05) is 102 Å². The predicted molar refractivity (Wildman–Crippen MR) is 254 cm³/mol. The van der Waals surface area contributed by atoms with Gasteiger partial charge in [0.2, 0.25) is 6.20 Å². The summed E-state index contributed by atoms with van der Waals surface area (Å²) in [6, 6.07) is 13.0. The zero-order valence-electron chi connectivity index (χ0n) is 38.3. The quantitative estimate of drug-likeness (QED) is 0.108. The lowest BCUT2D eigenvalue weighted by Gasteiger charge is -2.32. The van der Waals surface area contributed by atoms with Crippen LogP contribution in [-0.4, -0.2) is 118 Å². The van der Waals surface area contributed by atoms with Crippen molar-refractivity contribution in [2.45, 2.75) is 71.5 Å². The molecule has 0 saturated carbocycles. The van der Waals surface area contributed by atoms with Crippen LogP contribution < -0.4 is 4.68 Å². The Labute approximate surface area is 405 Å². The molecule has 0 aromatic carbocycles. The lowest BCUT2D eigenvalue weighted by Crippen LogP contribution is -2.37. The van der Waals surface area contributed by atoms with Crippen LogP contribution in [-0.2, 0) is 4.74 Å². The smallest absolute Gasteiger partial charge is 0.257 e. The van der Waals surface area contributed by atoms with Gasteiger partial charge < -0.3 is 19.6 Å². The molecule has 8 aromatic rings. The number of methoxy groups -OCH3 is 1. The molecule has 10 heterocycles. The van der Waals surface area contributed by atoms with Crippen LogP contribution in [0.5, 0.6) is 0 Å². The van der Waals surface area contributed by atoms with E-state index in [1.807, 2.05) is 50.8 Å². The number of likely N-dealkylation sites (tertiary alicyclic amines) is 2. The third-order valence-corrected chi connectivity index (χ3v) is 15.4. The van der Waals surface area contributed by atoms with E-state index >= 15 is 8.78 Å². The number of piperidine rings is 2. The van der Waals surface area contributed by atoms with Gasteiger partial charge in [-0.1, -0.05) is 28.2 Å². The Bertz CT molecular complexity index is 3280. The second kappa shape index (κ2) is 19.8. The lowest BCUT2D eigenvalue weighted by molar-refractivity contribution is -0.667. The molecule has 1 N–H and O–H groups in total. The van der Waals surface area contributed by atoms with Crippen molar-refractivity contribution in [3.05, 3.63) is 114 Å². The standard InChI is InChI=1S/C49H49F2N14O2S2/c1-31-40(26-57-64(31)37-6-11-59(12-7-37)15-17-66)33-19-44(46-35(22-52)24-56-61(46)28-33)68-49-43(51)21-39(25-55-49)62-30-36(23-53)47-45(69-48-42(50)5-4-10-54-48)20-34(29-63(47)62)41-27-58-65(32(41)2)38-8-13-60(14-9-38)16-18-67-3/h4-5,10,19-21,24-30,37-38,66H,6-9,11-18H2,1-3H3/q+1. The minimum absolute atomic E-state index is 0.0713. The average molecular weight is 968 g/mol. The number of pyridine rings is 4. The van der Waals surface area contributed by atoms with Gasteiger partial charge >= 0.3 is 0 Å². The number of hydrogen-bond donors (Lipinski definition) is 1. The van der Waals surface area contributed by atoms with Crippen LogP contribution in [0.3, 0.4) is 0 Å². The van der Waals surface area contributed by atoms with Crippen LogP contribution in [0.4, 0.5) is 8.78 Å². The average Bonchev–Trinajstić information content (AvgIpc) is 4.16. The Balaban J connectivity index is 1.00. The summed E-state index contributed by atoms with van der Waals surface area (Å²) in [6.45, 7) is 10.1. The number of fused-ring (bicyclic) bond motifs is 2. The number of aliphatic hydroxyl groups is 1. The third-order valence-electron chi connectivity index (χ3n) is 13.3. The summed E-state index contributed by atoms with van der Waals surface area (Å²) in [5.74, 6) is -1.12. The second-order valence-electron chi connectivity index (χ2n) is 17.4. The summed E-state index contributed by atoms with van der Waals surface area (Å²) in [6.07, 6.45) is 17.3. The summed E-state index contributed by atoms with van der Waals surface area (Å²) in [5.41, 5.74) is 7.23. The summed E-state index contributed by atoms with van der Waals surface area (Å²) >= 11 is 2.20. The van der Waals surface area contributed by atoms with Gasteiger partial charge in [0.05, 0.1) is 67.2 Å². The van der Waals surface area contributed by atoms with Gasteiger partial charge in [-0.3, -0.25) is 9.36 Å². The summed E-state index contributed by atoms with van der Waals surface area (Å²) in [4.78, 5) is 14.8. The highest BCUT2D eigenvalue weighted by Crippen LogP contribution is 2.40. The summed E-state index contributed by atoms with van der Waals surface area (Å²) < 4.78 is 46.5. The SMILES string of the molecule is COCCN1CCC(n2ncc(-c3cc(Sc4ncccc4F)c4c(C#N)c[n+](-c5cnc(Sc6cc(-c7cnn(C8CCN(CCO)CC8)c7C)cn7ncc(C#N)c67)c(F)c5)n4c3)c2C)CC1. The molecular weight excluding hydrogens is 919 g/mol. The number of nitrogens with zero attached hydrogens (tertiary/aromatic N) is 14. The van der Waals surface area contributed by atoms with E-state index in [4.69, 9.17) is 14.9 Å². The first-order valence-corrected chi connectivity index (χ1v) is 24.5. The minimum Gasteiger partial charge on any atom is -0.395 e. The number of halogens is 2. The Hall–Kier alpha value is -6.52. The first-order chi connectivity index (χ1) is 33.7. The fraction of sp³-hybridized carbons (Fsp3) is 0.347. The molecular formula is C49H49F2N14O2S2+. The van der Waals surface area contributed by atoms with Crippen LogP contribution in [0.15, 0.2) is 99.7 Å². The molecule has 2 aliphatic rings. The number of β-amino-alcohol motifs (C(OH)–C–C–N with tert-alkyl or cyclic N) is 1.